The third-order valence-corrected chi connectivity index (χ3v) is 4.99. The number of methoxy groups -OCH3 is 1. The number of ether oxygens (including phenoxy) is 2. The van der Waals surface area contributed by atoms with Gasteiger partial charge in [-0.25, -0.2) is 0 Å². The summed E-state index contributed by atoms with van der Waals surface area (Å²) in [6, 6.07) is 10.3. The quantitative estimate of drug-likeness (QED) is 0.619. The number of nitrogens with zero attached hydrogens (tertiary/aromatic N) is 1. The van der Waals surface area contributed by atoms with Crippen LogP contribution in [0.25, 0.3) is 11.1 Å². The largest absolute Gasteiger partial charge is 0.493 e. The molecule has 1 aliphatic carbocycles. The second-order valence-corrected chi connectivity index (χ2v) is 6.93. The van der Waals surface area contributed by atoms with E-state index in [2.05, 4.69) is 33.5 Å². The predicted molar refractivity (Wildman–Crippen MR) is 107 cm³/mol. The summed E-state index contributed by atoms with van der Waals surface area (Å²) in [5.41, 5.74) is 4.35. The second kappa shape index (κ2) is 8.16. The van der Waals surface area contributed by atoms with E-state index in [1.165, 1.54) is 12.8 Å². The number of anilines is 1. The van der Waals surface area contributed by atoms with Gasteiger partial charge in [-0.3, -0.25) is 4.98 Å². The molecule has 2 N–H and O–H groups in total. The van der Waals surface area contributed by atoms with Crippen LogP contribution in [0, 0.1) is 0 Å². The first-order valence-electron chi connectivity index (χ1n) is 9.47. The standard InChI is InChI=1S/C22H25N3O2/c1-26-21-7-6-16(10-22(21)27-20-4-2-3-5-20)12-25-19-11-18(14-24-15-19)17-8-9-23-13-17/h6-11,13-15,20,23,25H,2-5,12H2,1H3. The number of hydrogen-bond donors (Lipinski definition) is 2. The average Bonchev–Trinajstić information content (AvgIpc) is 3.41. The number of pyridine rings is 1. The van der Waals surface area contributed by atoms with Crippen LogP contribution < -0.4 is 14.8 Å². The van der Waals surface area contributed by atoms with Gasteiger partial charge in [0.1, 0.15) is 0 Å². The van der Waals surface area contributed by atoms with Crippen LogP contribution in [0.2, 0.25) is 0 Å². The molecular formula is C22H25N3O2. The highest BCUT2D eigenvalue weighted by Crippen LogP contribution is 2.32. The fourth-order valence-corrected chi connectivity index (χ4v) is 3.51. The zero-order chi connectivity index (χ0) is 18.5. The third kappa shape index (κ3) is 4.25. The Balaban J connectivity index is 1.45. The lowest BCUT2D eigenvalue weighted by atomic mass is 10.1. The third-order valence-electron chi connectivity index (χ3n) is 4.99. The Morgan fingerprint density at radius 2 is 1.96 bits per heavy atom. The van der Waals surface area contributed by atoms with E-state index in [9.17, 15) is 0 Å². The van der Waals surface area contributed by atoms with Crippen LogP contribution in [0.3, 0.4) is 0 Å². The van der Waals surface area contributed by atoms with E-state index in [1.54, 1.807) is 7.11 Å². The molecule has 4 rings (SSSR count). The molecule has 1 aromatic carbocycles. The summed E-state index contributed by atoms with van der Waals surface area (Å²) >= 11 is 0. The normalized spacial score (nSPS) is 14.3. The monoisotopic (exact) mass is 363 g/mol. The van der Waals surface area contributed by atoms with Crippen LogP contribution in [0.4, 0.5) is 5.69 Å². The number of H-pyrrole nitrogens is 1. The van der Waals surface area contributed by atoms with Crippen molar-refractivity contribution in [2.45, 2.75) is 38.3 Å². The van der Waals surface area contributed by atoms with Crippen molar-refractivity contribution in [3.05, 3.63) is 60.7 Å². The molecule has 0 radical (unpaired) electrons. The zero-order valence-electron chi connectivity index (χ0n) is 15.6. The Morgan fingerprint density at radius 1 is 1.07 bits per heavy atom. The fourth-order valence-electron chi connectivity index (χ4n) is 3.51. The van der Waals surface area contributed by atoms with Crippen molar-refractivity contribution in [1.82, 2.24) is 9.97 Å². The lowest BCUT2D eigenvalue weighted by molar-refractivity contribution is 0.200. The van der Waals surface area contributed by atoms with Crippen LogP contribution in [0.5, 0.6) is 11.5 Å². The molecule has 1 saturated carbocycles. The highest BCUT2D eigenvalue weighted by molar-refractivity contribution is 5.66. The minimum absolute atomic E-state index is 0.310. The van der Waals surface area contributed by atoms with E-state index in [1.807, 2.05) is 36.9 Å². The Kier molecular flexibility index (Phi) is 5.28. The van der Waals surface area contributed by atoms with E-state index in [-0.39, 0.29) is 0 Å². The molecule has 1 fully saturated rings. The van der Waals surface area contributed by atoms with Crippen molar-refractivity contribution >= 4 is 5.69 Å². The first-order chi connectivity index (χ1) is 13.3. The van der Waals surface area contributed by atoms with Crippen LogP contribution in [0.15, 0.2) is 55.1 Å². The number of benzene rings is 1. The van der Waals surface area contributed by atoms with Gasteiger partial charge in [0, 0.05) is 42.5 Å². The highest BCUT2D eigenvalue weighted by atomic mass is 16.5. The molecule has 0 spiro atoms. The highest BCUT2D eigenvalue weighted by Gasteiger charge is 2.18. The molecule has 2 aromatic heterocycles. The van der Waals surface area contributed by atoms with E-state index in [4.69, 9.17) is 9.47 Å². The summed E-state index contributed by atoms with van der Waals surface area (Å²) in [6.07, 6.45) is 12.7. The Labute approximate surface area is 159 Å². The second-order valence-electron chi connectivity index (χ2n) is 6.93. The molecular weight excluding hydrogens is 338 g/mol. The number of aromatic amines is 1. The first-order valence-corrected chi connectivity index (χ1v) is 9.47. The molecule has 5 heteroatoms. The Morgan fingerprint density at radius 3 is 2.74 bits per heavy atom. The minimum Gasteiger partial charge on any atom is -0.493 e. The first kappa shape index (κ1) is 17.5. The SMILES string of the molecule is COc1ccc(CNc2cncc(-c3cc[nH]c3)c2)cc1OC1CCCC1. The van der Waals surface area contributed by atoms with Gasteiger partial charge in [0.15, 0.2) is 11.5 Å². The Hall–Kier alpha value is -2.95. The van der Waals surface area contributed by atoms with Crippen molar-refractivity contribution in [1.29, 1.82) is 0 Å². The molecule has 140 valence electrons. The fraction of sp³-hybridized carbons (Fsp3) is 0.318. The minimum atomic E-state index is 0.310. The molecule has 5 nitrogen and oxygen atoms in total. The molecule has 0 unspecified atom stereocenters. The van der Waals surface area contributed by atoms with Crippen molar-refractivity contribution in [3.8, 4) is 22.6 Å². The topological polar surface area (TPSA) is 59.2 Å². The van der Waals surface area contributed by atoms with Gasteiger partial charge in [0.2, 0.25) is 0 Å². The lowest BCUT2D eigenvalue weighted by Crippen LogP contribution is -2.12. The maximum atomic E-state index is 6.19. The predicted octanol–water partition coefficient (Wildman–Crippen LogP) is 5.02. The molecule has 1 aliphatic rings. The lowest BCUT2D eigenvalue weighted by Gasteiger charge is -2.17. The molecule has 2 heterocycles. The van der Waals surface area contributed by atoms with Gasteiger partial charge in [0.25, 0.3) is 0 Å². The summed E-state index contributed by atoms with van der Waals surface area (Å²) in [6.45, 7) is 0.698. The van der Waals surface area contributed by atoms with Crippen LogP contribution in [-0.2, 0) is 6.54 Å². The van der Waals surface area contributed by atoms with Crippen LogP contribution in [-0.4, -0.2) is 23.2 Å². The molecule has 0 saturated heterocycles. The summed E-state index contributed by atoms with van der Waals surface area (Å²) in [5, 5.41) is 3.45. The summed E-state index contributed by atoms with van der Waals surface area (Å²) in [4.78, 5) is 7.42. The van der Waals surface area contributed by atoms with Crippen LogP contribution >= 0.6 is 0 Å². The summed E-state index contributed by atoms with van der Waals surface area (Å²) < 4.78 is 11.7. The van der Waals surface area contributed by atoms with E-state index in [0.29, 0.717) is 12.6 Å². The zero-order valence-corrected chi connectivity index (χ0v) is 15.6. The van der Waals surface area contributed by atoms with E-state index < -0.39 is 0 Å². The Bertz CT molecular complexity index is 871. The van der Waals surface area contributed by atoms with E-state index in [0.717, 1.165) is 46.7 Å². The summed E-state index contributed by atoms with van der Waals surface area (Å²) in [7, 11) is 1.69. The molecule has 0 atom stereocenters. The van der Waals surface area contributed by atoms with Crippen molar-refractivity contribution in [2.24, 2.45) is 0 Å². The average molecular weight is 363 g/mol. The smallest absolute Gasteiger partial charge is 0.161 e. The van der Waals surface area contributed by atoms with Crippen molar-refractivity contribution < 1.29 is 9.47 Å². The number of aromatic nitrogens is 2. The number of rotatable bonds is 7. The van der Waals surface area contributed by atoms with Crippen molar-refractivity contribution in [2.75, 3.05) is 12.4 Å². The number of nitrogens with one attached hydrogen (secondary N) is 2. The maximum absolute atomic E-state index is 6.19. The van der Waals surface area contributed by atoms with E-state index >= 15 is 0 Å². The van der Waals surface area contributed by atoms with Gasteiger partial charge in [-0.05, 0) is 55.5 Å². The molecule has 3 aromatic rings. The van der Waals surface area contributed by atoms with Crippen LogP contribution in [0.1, 0.15) is 31.2 Å². The number of hydrogen-bond acceptors (Lipinski definition) is 4. The van der Waals surface area contributed by atoms with Gasteiger partial charge in [-0.1, -0.05) is 6.07 Å². The molecule has 27 heavy (non-hydrogen) atoms. The van der Waals surface area contributed by atoms with Gasteiger partial charge < -0.3 is 19.8 Å². The van der Waals surface area contributed by atoms with Crippen molar-refractivity contribution in [3.63, 3.8) is 0 Å². The molecule has 0 amide bonds. The maximum Gasteiger partial charge on any atom is 0.161 e. The summed E-state index contributed by atoms with van der Waals surface area (Å²) in [5.74, 6) is 1.63. The van der Waals surface area contributed by atoms with Gasteiger partial charge in [0.05, 0.1) is 18.9 Å². The van der Waals surface area contributed by atoms with Gasteiger partial charge >= 0.3 is 0 Å². The molecule has 0 aliphatic heterocycles. The van der Waals surface area contributed by atoms with Gasteiger partial charge in [-0.15, -0.1) is 0 Å². The molecule has 0 bridgehead atoms. The van der Waals surface area contributed by atoms with Gasteiger partial charge in [-0.2, -0.15) is 0 Å².